The predicted octanol–water partition coefficient (Wildman–Crippen LogP) is 5.52. The van der Waals surface area contributed by atoms with Crippen LogP contribution in [0.1, 0.15) is 40.2 Å². The van der Waals surface area contributed by atoms with Crippen LogP contribution in [0, 0.1) is 18.7 Å². The fourth-order valence-corrected chi connectivity index (χ4v) is 4.40. The van der Waals surface area contributed by atoms with E-state index in [4.69, 9.17) is 0 Å². The highest BCUT2D eigenvalue weighted by Gasteiger charge is 2.38. The molecule has 2 aromatic rings. The number of rotatable bonds is 4. The minimum atomic E-state index is -4.92. The number of benzene rings is 2. The Kier molecular flexibility index (Phi) is 7.07. The minimum Gasteiger partial charge on any atom is -0.359 e. The first-order valence-corrected chi connectivity index (χ1v) is 10.3. The molecule has 0 bridgehead atoms. The summed E-state index contributed by atoms with van der Waals surface area (Å²) < 4.78 is 92.8. The number of nitrogens with one attached hydrogen (secondary N) is 1. The van der Waals surface area contributed by atoms with Crippen molar-refractivity contribution in [3.05, 3.63) is 70.0 Å². The van der Waals surface area contributed by atoms with E-state index in [0.717, 1.165) is 17.7 Å². The van der Waals surface area contributed by atoms with E-state index in [-0.39, 0.29) is 30.6 Å². The summed E-state index contributed by atoms with van der Waals surface area (Å²) in [6, 6.07) is 5.71. The van der Waals surface area contributed by atoms with Crippen molar-refractivity contribution < 1.29 is 35.5 Å². The van der Waals surface area contributed by atoms with Gasteiger partial charge in [0.05, 0.1) is 11.1 Å². The second-order valence-electron chi connectivity index (χ2n) is 8.27. The molecule has 180 valence electrons. The first-order chi connectivity index (χ1) is 15.3. The van der Waals surface area contributed by atoms with Gasteiger partial charge in [-0.2, -0.15) is 26.3 Å². The van der Waals surface area contributed by atoms with Gasteiger partial charge in [0.25, 0.3) is 0 Å². The number of hydrogen-bond acceptors (Lipinski definition) is 2. The molecule has 10 heteroatoms. The van der Waals surface area contributed by atoms with Gasteiger partial charge < -0.3 is 5.32 Å². The van der Waals surface area contributed by atoms with Crippen molar-refractivity contribution in [2.75, 3.05) is 20.1 Å². The molecule has 3 rings (SSSR count). The van der Waals surface area contributed by atoms with Crippen LogP contribution >= 0.6 is 0 Å². The Hall–Kier alpha value is -2.62. The second kappa shape index (κ2) is 9.32. The summed E-state index contributed by atoms with van der Waals surface area (Å²) in [5.74, 6) is -1.51. The molecule has 33 heavy (non-hydrogen) atoms. The summed E-state index contributed by atoms with van der Waals surface area (Å²) in [5, 5.41) is 2.60. The summed E-state index contributed by atoms with van der Waals surface area (Å²) in [5.41, 5.74) is -1.51. The number of halogens is 7. The van der Waals surface area contributed by atoms with Gasteiger partial charge >= 0.3 is 12.4 Å². The number of amides is 1. The zero-order valence-electron chi connectivity index (χ0n) is 17.9. The molecule has 0 saturated carbocycles. The van der Waals surface area contributed by atoms with Crippen molar-refractivity contribution in [1.29, 1.82) is 0 Å². The van der Waals surface area contributed by atoms with E-state index in [0.29, 0.717) is 18.5 Å². The second-order valence-corrected chi connectivity index (χ2v) is 8.27. The Balaban J connectivity index is 1.93. The van der Waals surface area contributed by atoms with Crippen LogP contribution in [0.2, 0.25) is 0 Å². The average Bonchev–Trinajstić information content (AvgIpc) is 2.71. The lowest BCUT2D eigenvalue weighted by Crippen LogP contribution is -2.44. The molecule has 2 atom stereocenters. The molecular formula is C23H23F7N2O. The highest BCUT2D eigenvalue weighted by Crippen LogP contribution is 2.38. The van der Waals surface area contributed by atoms with E-state index in [9.17, 15) is 35.5 Å². The van der Waals surface area contributed by atoms with Crippen LogP contribution in [0.15, 0.2) is 36.4 Å². The van der Waals surface area contributed by atoms with E-state index in [1.165, 1.54) is 19.2 Å². The predicted molar refractivity (Wildman–Crippen MR) is 108 cm³/mol. The molecule has 1 aliphatic heterocycles. The van der Waals surface area contributed by atoms with E-state index in [1.807, 2.05) is 0 Å². The molecule has 3 nitrogen and oxygen atoms in total. The first kappa shape index (κ1) is 25.0. The Bertz CT molecular complexity index is 985. The van der Waals surface area contributed by atoms with Crippen molar-refractivity contribution in [3.8, 4) is 0 Å². The molecule has 1 amide bonds. The Morgan fingerprint density at radius 1 is 1.03 bits per heavy atom. The smallest absolute Gasteiger partial charge is 0.359 e. The van der Waals surface area contributed by atoms with E-state index >= 15 is 0 Å². The van der Waals surface area contributed by atoms with Crippen molar-refractivity contribution >= 4 is 5.91 Å². The topological polar surface area (TPSA) is 32.3 Å². The fourth-order valence-electron chi connectivity index (χ4n) is 4.40. The van der Waals surface area contributed by atoms with Crippen LogP contribution in [0.25, 0.3) is 0 Å². The summed E-state index contributed by atoms with van der Waals surface area (Å²) in [6.07, 6.45) is -9.49. The van der Waals surface area contributed by atoms with Crippen LogP contribution in [-0.4, -0.2) is 30.9 Å². The fraction of sp³-hybridized carbons (Fsp3) is 0.435. The molecule has 1 saturated heterocycles. The van der Waals surface area contributed by atoms with Crippen LogP contribution in [0.3, 0.4) is 0 Å². The number of carbonyl (C=O) groups is 1. The average molecular weight is 476 g/mol. The van der Waals surface area contributed by atoms with Crippen molar-refractivity contribution in [3.63, 3.8) is 0 Å². The van der Waals surface area contributed by atoms with Gasteiger partial charge in [0.1, 0.15) is 5.82 Å². The lowest BCUT2D eigenvalue weighted by Gasteiger charge is -2.38. The van der Waals surface area contributed by atoms with E-state index in [2.05, 4.69) is 5.32 Å². The van der Waals surface area contributed by atoms with Gasteiger partial charge in [0.2, 0.25) is 5.91 Å². The number of hydrogen-bond donors (Lipinski definition) is 1. The Morgan fingerprint density at radius 3 is 2.15 bits per heavy atom. The summed E-state index contributed by atoms with van der Waals surface area (Å²) >= 11 is 0. The summed E-state index contributed by atoms with van der Waals surface area (Å²) in [6.45, 7) is 2.08. The molecule has 0 aliphatic carbocycles. The van der Waals surface area contributed by atoms with Crippen LogP contribution < -0.4 is 5.32 Å². The maximum atomic E-state index is 13.6. The van der Waals surface area contributed by atoms with Gasteiger partial charge in [-0.25, -0.2) is 4.39 Å². The molecule has 0 radical (unpaired) electrons. The highest BCUT2D eigenvalue weighted by molar-refractivity contribution is 5.79. The van der Waals surface area contributed by atoms with Gasteiger partial charge in [0.15, 0.2) is 0 Å². The minimum absolute atomic E-state index is 0.103. The quantitative estimate of drug-likeness (QED) is 0.590. The third-order valence-electron chi connectivity index (χ3n) is 5.97. The molecule has 1 N–H and O–H groups in total. The molecule has 0 aromatic heterocycles. The molecule has 0 unspecified atom stereocenters. The molecule has 0 spiro atoms. The first-order valence-electron chi connectivity index (χ1n) is 10.3. The molecule has 2 aromatic carbocycles. The number of aryl methyl sites for hydroxylation is 1. The summed E-state index contributed by atoms with van der Waals surface area (Å²) in [7, 11) is 1.49. The van der Waals surface area contributed by atoms with Crippen molar-refractivity contribution in [2.45, 2.75) is 38.2 Å². The zero-order valence-corrected chi connectivity index (χ0v) is 17.9. The van der Waals surface area contributed by atoms with Crippen molar-refractivity contribution in [2.24, 2.45) is 5.92 Å². The van der Waals surface area contributed by atoms with Gasteiger partial charge in [-0.1, -0.05) is 6.07 Å². The lowest BCUT2D eigenvalue weighted by atomic mass is 9.78. The zero-order chi connectivity index (χ0) is 24.6. The monoisotopic (exact) mass is 476 g/mol. The molecule has 1 aliphatic rings. The van der Waals surface area contributed by atoms with Gasteiger partial charge in [-0.05, 0) is 66.9 Å². The number of carbonyl (C=O) groups excluding carboxylic acids is 1. The lowest BCUT2D eigenvalue weighted by molar-refractivity contribution is -0.143. The van der Waals surface area contributed by atoms with Gasteiger partial charge in [-0.15, -0.1) is 0 Å². The maximum absolute atomic E-state index is 13.6. The molecular weight excluding hydrogens is 453 g/mol. The van der Waals surface area contributed by atoms with Crippen LogP contribution in [0.5, 0.6) is 0 Å². The van der Waals surface area contributed by atoms with E-state index in [1.54, 1.807) is 17.9 Å². The standard InChI is InChI=1S/C23H23F7N2O/c1-13-7-17(24)3-4-18(13)20-12-32(6-5-19(20)21(33)31-2)11-14-8-15(22(25,26)27)10-16(9-14)23(28,29)30/h3-4,7-10,19-20H,5-6,11-12H2,1-2H3,(H,31,33)/t19-,20+/m1/s1. The van der Waals surface area contributed by atoms with Crippen LogP contribution in [-0.2, 0) is 23.7 Å². The van der Waals surface area contributed by atoms with Crippen LogP contribution in [0.4, 0.5) is 30.7 Å². The number of nitrogens with zero attached hydrogens (tertiary/aromatic N) is 1. The Labute approximate surface area is 186 Å². The summed E-state index contributed by atoms with van der Waals surface area (Å²) in [4.78, 5) is 14.2. The molecule has 1 heterocycles. The van der Waals surface area contributed by atoms with Gasteiger partial charge in [-0.3, -0.25) is 9.69 Å². The number of piperidine rings is 1. The van der Waals surface area contributed by atoms with E-state index < -0.39 is 41.1 Å². The van der Waals surface area contributed by atoms with Crippen molar-refractivity contribution in [1.82, 2.24) is 10.2 Å². The highest BCUT2D eigenvalue weighted by atomic mass is 19.4. The number of likely N-dealkylation sites (tertiary alicyclic amines) is 1. The molecule has 1 fully saturated rings. The van der Waals surface area contributed by atoms with Gasteiger partial charge in [0, 0.05) is 32.0 Å². The largest absolute Gasteiger partial charge is 0.416 e. The Morgan fingerprint density at radius 2 is 1.64 bits per heavy atom. The number of alkyl halides is 6. The maximum Gasteiger partial charge on any atom is 0.416 e. The SMILES string of the molecule is CNC(=O)[C@@H]1CCN(Cc2cc(C(F)(F)F)cc(C(F)(F)F)c2)C[C@H]1c1ccc(F)cc1C. The third kappa shape index (κ3) is 5.85. The third-order valence-corrected chi connectivity index (χ3v) is 5.97. The normalized spacial score (nSPS) is 20.0.